The lowest BCUT2D eigenvalue weighted by atomic mass is 9.96. The summed E-state index contributed by atoms with van der Waals surface area (Å²) in [5.41, 5.74) is 1.99. The van der Waals surface area contributed by atoms with Crippen molar-refractivity contribution in [3.8, 4) is 0 Å². The first-order chi connectivity index (χ1) is 13.8. The van der Waals surface area contributed by atoms with Crippen LogP contribution in [0, 0.1) is 19.8 Å². The number of aryl methyl sites for hydroxylation is 1. The van der Waals surface area contributed by atoms with Crippen molar-refractivity contribution in [2.75, 3.05) is 19.6 Å². The maximum absolute atomic E-state index is 13.2. The predicted octanol–water partition coefficient (Wildman–Crippen LogP) is 4.33. The van der Waals surface area contributed by atoms with Crippen LogP contribution in [0.5, 0.6) is 0 Å². The number of hydrogen-bond donors (Lipinski definition) is 1. The van der Waals surface area contributed by atoms with Gasteiger partial charge in [0.1, 0.15) is 11.3 Å². The molecule has 1 aromatic heterocycles. The van der Waals surface area contributed by atoms with E-state index in [4.69, 9.17) is 4.74 Å². The summed E-state index contributed by atoms with van der Waals surface area (Å²) in [5.74, 6) is 0.0594. The normalized spacial score (nSPS) is 17.2. The Morgan fingerprint density at radius 1 is 1.23 bits per heavy atom. The fraction of sp³-hybridized carbons (Fsp3) is 0.696. The third kappa shape index (κ3) is 5.64. The summed E-state index contributed by atoms with van der Waals surface area (Å²) >= 11 is 0. The molecule has 0 radical (unpaired) electrons. The van der Waals surface area contributed by atoms with Crippen LogP contribution in [-0.4, -0.2) is 63.8 Å². The van der Waals surface area contributed by atoms with Gasteiger partial charge in [-0.2, -0.15) is 0 Å². The summed E-state index contributed by atoms with van der Waals surface area (Å²) in [7, 11) is 0. The zero-order valence-corrected chi connectivity index (χ0v) is 19.7. The van der Waals surface area contributed by atoms with Crippen LogP contribution in [0.25, 0.3) is 0 Å². The zero-order valence-electron chi connectivity index (χ0n) is 19.7. The first kappa shape index (κ1) is 24.0. The highest BCUT2D eigenvalue weighted by atomic mass is 16.6. The molecule has 1 fully saturated rings. The fourth-order valence-electron chi connectivity index (χ4n) is 4.14. The molecule has 0 spiro atoms. The average molecular weight is 420 g/mol. The third-order valence-electron chi connectivity index (χ3n) is 5.52. The number of nitrogens with zero attached hydrogens (tertiary/aromatic N) is 2. The Bertz CT molecular complexity index is 804. The maximum atomic E-state index is 13.2. The van der Waals surface area contributed by atoms with Gasteiger partial charge in [-0.15, -0.1) is 0 Å². The van der Waals surface area contributed by atoms with Crippen LogP contribution in [0.1, 0.15) is 86.5 Å². The highest BCUT2D eigenvalue weighted by Gasteiger charge is 2.32. The lowest BCUT2D eigenvalue weighted by Crippen LogP contribution is -2.48. The van der Waals surface area contributed by atoms with E-state index in [1.807, 2.05) is 53.4 Å². The summed E-state index contributed by atoms with van der Waals surface area (Å²) in [6.45, 7) is 16.5. The summed E-state index contributed by atoms with van der Waals surface area (Å²) < 4.78 is 5.57. The van der Waals surface area contributed by atoms with Crippen molar-refractivity contribution in [1.82, 2.24) is 14.8 Å². The van der Waals surface area contributed by atoms with E-state index < -0.39 is 5.60 Å². The molecule has 1 aromatic rings. The fourth-order valence-corrected chi connectivity index (χ4v) is 4.14. The van der Waals surface area contributed by atoms with Crippen molar-refractivity contribution in [2.24, 2.45) is 5.92 Å². The van der Waals surface area contributed by atoms with Crippen molar-refractivity contribution in [3.05, 3.63) is 22.5 Å². The van der Waals surface area contributed by atoms with Gasteiger partial charge in [0.2, 0.25) is 0 Å². The first-order valence-electron chi connectivity index (χ1n) is 10.8. The van der Waals surface area contributed by atoms with E-state index in [0.717, 1.165) is 18.5 Å². The number of rotatable bonds is 5. The molecule has 1 saturated heterocycles. The molecule has 0 aromatic carbocycles. The van der Waals surface area contributed by atoms with Gasteiger partial charge in [0.15, 0.2) is 5.78 Å². The second-order valence-corrected chi connectivity index (χ2v) is 9.67. The Balaban J connectivity index is 2.13. The molecule has 0 bridgehead atoms. The molecule has 7 nitrogen and oxygen atoms in total. The van der Waals surface area contributed by atoms with Gasteiger partial charge in [-0.05, 0) is 79.7 Å². The van der Waals surface area contributed by atoms with Gasteiger partial charge < -0.3 is 19.5 Å². The standard InChI is InChI=1S/C23H37N3O4/c1-14(2)26(22(29)30-23(6,7)8)13-18-10-9-11-25(12-18)21(28)20-15(3)19(17(5)27)16(4)24-20/h14,18,24H,9-13H2,1-8H3. The monoisotopic (exact) mass is 419 g/mol. The number of nitrogens with one attached hydrogen (secondary N) is 1. The Labute approximate surface area is 180 Å². The number of carbonyl (C=O) groups is 3. The number of hydrogen-bond acceptors (Lipinski definition) is 4. The molecule has 1 atom stereocenters. The number of H-pyrrole nitrogens is 1. The van der Waals surface area contributed by atoms with E-state index in [-0.39, 0.29) is 29.7 Å². The number of piperidine rings is 1. The van der Waals surface area contributed by atoms with E-state index >= 15 is 0 Å². The molecule has 1 aliphatic rings. The highest BCUT2D eigenvalue weighted by Crippen LogP contribution is 2.25. The van der Waals surface area contributed by atoms with Gasteiger partial charge in [0.05, 0.1) is 0 Å². The number of aromatic nitrogens is 1. The number of amides is 2. The van der Waals surface area contributed by atoms with Crippen LogP contribution in [-0.2, 0) is 4.74 Å². The molecule has 1 aliphatic heterocycles. The van der Waals surface area contributed by atoms with E-state index in [1.54, 1.807) is 4.90 Å². The van der Waals surface area contributed by atoms with Gasteiger partial charge in [-0.25, -0.2) is 4.79 Å². The minimum absolute atomic E-state index is 0.0114. The topological polar surface area (TPSA) is 82.7 Å². The number of ketones is 1. The molecule has 2 heterocycles. The summed E-state index contributed by atoms with van der Waals surface area (Å²) in [6, 6.07) is 0.0114. The van der Waals surface area contributed by atoms with Gasteiger partial charge in [-0.1, -0.05) is 0 Å². The quantitative estimate of drug-likeness (QED) is 0.720. The maximum Gasteiger partial charge on any atom is 0.410 e. The molecule has 1 unspecified atom stereocenters. The van der Waals surface area contributed by atoms with Crippen LogP contribution in [0.15, 0.2) is 0 Å². The van der Waals surface area contributed by atoms with Crippen molar-refractivity contribution in [1.29, 1.82) is 0 Å². The molecular formula is C23H37N3O4. The van der Waals surface area contributed by atoms with Gasteiger partial charge in [-0.3, -0.25) is 9.59 Å². The molecule has 7 heteroatoms. The summed E-state index contributed by atoms with van der Waals surface area (Å²) in [5, 5.41) is 0. The van der Waals surface area contributed by atoms with Crippen LogP contribution < -0.4 is 0 Å². The SMILES string of the molecule is CC(=O)c1c(C)[nH]c(C(=O)N2CCCC(CN(C(=O)OC(C)(C)C)C(C)C)C2)c1C. The second-order valence-electron chi connectivity index (χ2n) is 9.67. The van der Waals surface area contributed by atoms with Crippen molar-refractivity contribution in [3.63, 3.8) is 0 Å². The van der Waals surface area contributed by atoms with Gasteiger partial charge in [0, 0.05) is 36.9 Å². The Morgan fingerprint density at radius 2 is 1.87 bits per heavy atom. The molecule has 2 rings (SSSR count). The van der Waals surface area contributed by atoms with Gasteiger partial charge >= 0.3 is 6.09 Å². The lowest BCUT2D eigenvalue weighted by molar-refractivity contribution is 0.0123. The number of likely N-dealkylation sites (tertiary alicyclic amines) is 1. The molecule has 1 N–H and O–H groups in total. The van der Waals surface area contributed by atoms with Crippen LogP contribution in [0.4, 0.5) is 4.79 Å². The van der Waals surface area contributed by atoms with E-state index in [9.17, 15) is 14.4 Å². The average Bonchev–Trinajstić information content (AvgIpc) is 2.91. The number of aromatic amines is 1. The number of carbonyl (C=O) groups excluding carboxylic acids is 3. The van der Waals surface area contributed by atoms with E-state index in [1.165, 1.54) is 6.92 Å². The Kier molecular flexibility index (Phi) is 7.37. The van der Waals surface area contributed by atoms with E-state index in [2.05, 4.69) is 4.98 Å². The molecule has 2 amide bonds. The molecular weight excluding hydrogens is 382 g/mol. The lowest BCUT2D eigenvalue weighted by Gasteiger charge is -2.37. The zero-order chi connectivity index (χ0) is 22.8. The number of ether oxygens (including phenoxy) is 1. The Morgan fingerprint density at radius 3 is 2.37 bits per heavy atom. The van der Waals surface area contributed by atoms with E-state index in [0.29, 0.717) is 36.5 Å². The van der Waals surface area contributed by atoms with Crippen LogP contribution in [0.2, 0.25) is 0 Å². The second kappa shape index (κ2) is 9.23. The van der Waals surface area contributed by atoms with Crippen molar-refractivity contribution < 1.29 is 19.1 Å². The third-order valence-corrected chi connectivity index (χ3v) is 5.52. The minimum atomic E-state index is -0.545. The number of Topliss-reactive ketones (excluding diaryl/α,β-unsaturated/α-hetero) is 1. The largest absolute Gasteiger partial charge is 0.444 e. The van der Waals surface area contributed by atoms with Crippen molar-refractivity contribution in [2.45, 2.75) is 79.9 Å². The predicted molar refractivity (Wildman–Crippen MR) is 117 cm³/mol. The molecule has 0 saturated carbocycles. The summed E-state index contributed by atoms with van der Waals surface area (Å²) in [6.07, 6.45) is 1.52. The molecule has 0 aliphatic carbocycles. The first-order valence-corrected chi connectivity index (χ1v) is 10.8. The Hall–Kier alpha value is -2.31. The van der Waals surface area contributed by atoms with Crippen molar-refractivity contribution >= 4 is 17.8 Å². The van der Waals surface area contributed by atoms with Crippen LogP contribution >= 0.6 is 0 Å². The van der Waals surface area contributed by atoms with Gasteiger partial charge in [0.25, 0.3) is 5.91 Å². The summed E-state index contributed by atoms with van der Waals surface area (Å²) in [4.78, 5) is 44.4. The minimum Gasteiger partial charge on any atom is -0.444 e. The van der Waals surface area contributed by atoms with Crippen LogP contribution in [0.3, 0.4) is 0 Å². The molecule has 30 heavy (non-hydrogen) atoms. The molecule has 168 valence electrons. The highest BCUT2D eigenvalue weighted by molar-refractivity contribution is 6.02. The smallest absolute Gasteiger partial charge is 0.410 e.